The molecule has 0 aliphatic heterocycles. The molecule has 0 spiro atoms. The van der Waals surface area contributed by atoms with Crippen molar-refractivity contribution in [2.75, 3.05) is 0 Å². The van der Waals surface area contributed by atoms with Crippen molar-refractivity contribution >= 4 is 40.1 Å². The summed E-state index contributed by atoms with van der Waals surface area (Å²) in [4.78, 5) is 3.83. The Hall–Kier alpha value is -2.28. The fourth-order valence-electron chi connectivity index (χ4n) is 1.43. The van der Waals surface area contributed by atoms with Gasteiger partial charge >= 0.3 is 0 Å². The third kappa shape index (κ3) is 3.86. The minimum absolute atomic E-state index is 0.214. The first-order valence-corrected chi connectivity index (χ1v) is 6.03. The summed E-state index contributed by atoms with van der Waals surface area (Å²) in [7, 11) is 0. The van der Waals surface area contributed by atoms with E-state index in [-0.39, 0.29) is 5.69 Å². The van der Waals surface area contributed by atoms with Crippen molar-refractivity contribution in [3.05, 3.63) is 53.7 Å². The van der Waals surface area contributed by atoms with E-state index in [1.165, 1.54) is 12.1 Å². The number of quaternary nitrogens is 1. The Balaban J connectivity index is 2.10. The van der Waals surface area contributed by atoms with Crippen LogP contribution in [0.2, 0.25) is 0 Å². The van der Waals surface area contributed by atoms with Crippen LogP contribution < -0.4 is 5.23 Å². The molecular formula is C13H10N4O2S. The van der Waals surface area contributed by atoms with Crippen molar-refractivity contribution in [1.82, 2.24) is 0 Å². The molecule has 0 heterocycles. The molecule has 0 fully saturated rings. The number of rotatable bonds is 4. The minimum Gasteiger partial charge on any atom is -0.595 e. The predicted octanol–water partition coefficient (Wildman–Crippen LogP) is 3.24. The van der Waals surface area contributed by atoms with E-state index >= 15 is 0 Å². The molecule has 0 saturated carbocycles. The van der Waals surface area contributed by atoms with Gasteiger partial charge in [-0.15, -0.1) is 0 Å². The average Bonchev–Trinajstić information content (AvgIpc) is 2.47. The lowest BCUT2D eigenvalue weighted by Gasteiger charge is -2.10. The lowest BCUT2D eigenvalue weighted by atomic mass is 10.3. The fraction of sp³-hybridized carbons (Fsp3) is 0. The van der Waals surface area contributed by atoms with Gasteiger partial charge in [-0.3, -0.25) is 0 Å². The lowest BCUT2D eigenvalue weighted by Crippen LogP contribution is -2.99. The first kappa shape index (κ1) is 14.1. The second kappa shape index (κ2) is 6.76. The van der Waals surface area contributed by atoms with Gasteiger partial charge in [0.25, 0.3) is 0 Å². The van der Waals surface area contributed by atoms with Gasteiger partial charge in [0, 0.05) is 12.1 Å². The fourth-order valence-corrected chi connectivity index (χ4v) is 1.54. The van der Waals surface area contributed by atoms with Crippen LogP contribution in [0.25, 0.3) is 0 Å². The second-order valence-corrected chi connectivity index (χ2v) is 3.95. The molecule has 6 nitrogen and oxygen atoms in total. The number of benzene rings is 2. The van der Waals surface area contributed by atoms with Crippen LogP contribution in [0.15, 0.2) is 63.8 Å². The molecule has 2 aromatic carbocycles. The quantitative estimate of drug-likeness (QED) is 0.391. The molecule has 0 aliphatic carbocycles. The van der Waals surface area contributed by atoms with E-state index in [1.807, 2.05) is 0 Å². The van der Waals surface area contributed by atoms with Crippen LogP contribution in [0.3, 0.4) is 0 Å². The van der Waals surface area contributed by atoms with Gasteiger partial charge < -0.3 is 5.21 Å². The first-order valence-electron chi connectivity index (χ1n) is 5.62. The van der Waals surface area contributed by atoms with Crippen molar-refractivity contribution in [3.8, 4) is 0 Å². The topological polar surface area (TPSA) is 84.8 Å². The summed E-state index contributed by atoms with van der Waals surface area (Å²) in [6.07, 6.45) is 0. The van der Waals surface area contributed by atoms with E-state index in [0.717, 1.165) is 0 Å². The summed E-state index contributed by atoms with van der Waals surface area (Å²) < 4.78 is 0. The highest BCUT2D eigenvalue weighted by molar-refractivity contribution is 7.78. The Morgan fingerprint density at radius 1 is 0.900 bits per heavy atom. The van der Waals surface area contributed by atoms with Gasteiger partial charge in [-0.1, -0.05) is 0 Å². The number of hydrogen-bond acceptors (Lipinski definition) is 6. The van der Waals surface area contributed by atoms with Gasteiger partial charge in [-0.05, 0) is 48.6 Å². The summed E-state index contributed by atoms with van der Waals surface area (Å²) in [6, 6.07) is 13.2. The number of nitrogens with one attached hydrogen (secondary N) is 1. The smallest absolute Gasteiger partial charge is 0.163 e. The molecule has 0 amide bonds. The first-order chi connectivity index (χ1) is 9.69. The molecule has 0 bridgehead atoms. The molecule has 1 unspecified atom stereocenters. The van der Waals surface area contributed by atoms with Crippen molar-refractivity contribution in [2.24, 2.45) is 15.2 Å². The van der Waals surface area contributed by atoms with E-state index in [4.69, 9.17) is 5.21 Å². The predicted molar refractivity (Wildman–Crippen MR) is 77.5 cm³/mol. The Morgan fingerprint density at radius 2 is 1.35 bits per heavy atom. The molecule has 100 valence electrons. The largest absolute Gasteiger partial charge is 0.595 e. The zero-order valence-corrected chi connectivity index (χ0v) is 11.0. The molecule has 2 rings (SSSR count). The lowest BCUT2D eigenvalue weighted by molar-refractivity contribution is -0.991. The number of isothiocyanates is 1. The van der Waals surface area contributed by atoms with E-state index in [0.29, 0.717) is 17.1 Å². The zero-order valence-electron chi connectivity index (χ0n) is 10.2. The molecule has 0 aromatic heterocycles. The summed E-state index contributed by atoms with van der Waals surface area (Å²) in [5.74, 6) is 0. The summed E-state index contributed by atoms with van der Waals surface area (Å²) in [5, 5.41) is 28.9. The third-order valence-corrected chi connectivity index (χ3v) is 2.51. The van der Waals surface area contributed by atoms with E-state index in [2.05, 4.69) is 32.6 Å². The number of thiocarbonyl (C=S) groups is 1. The molecule has 2 N–H and O–H groups in total. The summed E-state index contributed by atoms with van der Waals surface area (Å²) in [6.45, 7) is 0. The van der Waals surface area contributed by atoms with Crippen LogP contribution in [-0.2, 0) is 0 Å². The Labute approximate surface area is 120 Å². The Morgan fingerprint density at radius 3 is 1.80 bits per heavy atom. The maximum absolute atomic E-state index is 10.7. The van der Waals surface area contributed by atoms with E-state index in [1.54, 1.807) is 36.4 Å². The van der Waals surface area contributed by atoms with Crippen molar-refractivity contribution in [3.63, 3.8) is 0 Å². The van der Waals surface area contributed by atoms with E-state index < -0.39 is 5.23 Å². The standard InChI is InChI=1S/C13H10N4O2S/c18-17(19)13-7-5-12(6-8-13)16-15-11-3-1-10(2-4-11)14-9-20/h1-8,17-18H. The van der Waals surface area contributed by atoms with Gasteiger partial charge in [0.15, 0.2) is 5.69 Å². The highest BCUT2D eigenvalue weighted by Gasteiger charge is 1.98. The average molecular weight is 286 g/mol. The van der Waals surface area contributed by atoms with E-state index in [9.17, 15) is 5.21 Å². The molecule has 2 aromatic rings. The van der Waals surface area contributed by atoms with Crippen LogP contribution in [0.4, 0.5) is 22.7 Å². The molecule has 1 atom stereocenters. The van der Waals surface area contributed by atoms with Crippen LogP contribution in [0.5, 0.6) is 0 Å². The van der Waals surface area contributed by atoms with Crippen LogP contribution in [-0.4, -0.2) is 10.4 Å². The van der Waals surface area contributed by atoms with Gasteiger partial charge in [-0.2, -0.15) is 20.4 Å². The normalized spacial score (nSPS) is 12.1. The monoisotopic (exact) mass is 286 g/mol. The Bertz CT molecular complexity index is 647. The molecule has 0 aliphatic rings. The van der Waals surface area contributed by atoms with Gasteiger partial charge in [0.1, 0.15) is 0 Å². The molecule has 20 heavy (non-hydrogen) atoms. The third-order valence-electron chi connectivity index (χ3n) is 2.42. The van der Waals surface area contributed by atoms with Crippen LogP contribution in [0, 0.1) is 5.21 Å². The maximum Gasteiger partial charge on any atom is 0.163 e. The van der Waals surface area contributed by atoms with Gasteiger partial charge in [-0.25, -0.2) is 5.21 Å². The molecule has 0 radical (unpaired) electrons. The van der Waals surface area contributed by atoms with Crippen LogP contribution >= 0.6 is 12.2 Å². The molecule has 0 saturated heterocycles. The van der Waals surface area contributed by atoms with Crippen molar-refractivity contribution in [2.45, 2.75) is 0 Å². The summed E-state index contributed by atoms with van der Waals surface area (Å²) in [5.41, 5.74) is 2.16. The van der Waals surface area contributed by atoms with Crippen molar-refractivity contribution < 1.29 is 10.4 Å². The van der Waals surface area contributed by atoms with Gasteiger partial charge in [0.05, 0.1) is 22.2 Å². The van der Waals surface area contributed by atoms with Crippen molar-refractivity contribution in [1.29, 1.82) is 0 Å². The molecular weight excluding hydrogens is 276 g/mol. The minimum atomic E-state index is -0.969. The maximum atomic E-state index is 10.7. The second-order valence-electron chi connectivity index (χ2n) is 3.77. The highest BCUT2D eigenvalue weighted by Crippen LogP contribution is 2.21. The SMILES string of the molecule is [O-][NH+](O)c1ccc(N=Nc2ccc(N=C=S)cc2)cc1. The number of hydrogen-bond donors (Lipinski definition) is 2. The van der Waals surface area contributed by atoms with Crippen LogP contribution in [0.1, 0.15) is 0 Å². The Kier molecular flexibility index (Phi) is 4.78. The number of nitrogens with zero attached hydrogens (tertiary/aromatic N) is 3. The number of azo groups is 1. The highest BCUT2D eigenvalue weighted by atomic mass is 32.1. The zero-order chi connectivity index (χ0) is 14.4. The molecule has 7 heteroatoms. The summed E-state index contributed by atoms with van der Waals surface area (Å²) >= 11 is 4.51. The number of aliphatic imine (C=N–C) groups is 1. The van der Waals surface area contributed by atoms with Gasteiger partial charge in [0.2, 0.25) is 0 Å².